The Morgan fingerprint density at radius 1 is 0.955 bits per heavy atom. The Balaban J connectivity index is 1.75. The van der Waals surface area contributed by atoms with E-state index in [0.717, 1.165) is 27.4 Å². The van der Waals surface area contributed by atoms with Crippen LogP contribution in [0.15, 0.2) is 67.0 Å². The summed E-state index contributed by atoms with van der Waals surface area (Å²) in [7, 11) is 0. The first-order valence-electron chi connectivity index (χ1n) is 6.93. The topological polar surface area (TPSA) is 45.2 Å². The highest BCUT2D eigenvalue weighted by molar-refractivity contribution is 6.30. The number of anilines is 1. The lowest BCUT2D eigenvalue weighted by atomic mass is 10.1. The van der Waals surface area contributed by atoms with E-state index in [4.69, 9.17) is 11.6 Å². The molecule has 4 heteroatoms. The number of phenolic OH excluding ortho intramolecular Hbond substituents is 1. The highest BCUT2D eigenvalue weighted by Gasteiger charge is 2.01. The minimum absolute atomic E-state index is 0.256. The van der Waals surface area contributed by atoms with Crippen molar-refractivity contribution in [3.8, 4) is 16.9 Å². The lowest BCUT2D eigenvalue weighted by Gasteiger charge is -2.08. The molecular weight excluding hydrogens is 296 g/mol. The molecule has 0 saturated carbocycles. The zero-order valence-corrected chi connectivity index (χ0v) is 12.6. The SMILES string of the molecule is Oc1ccc(-c2cncc(NCc3cccc(Cl)c3)c2)cc1. The second-order valence-electron chi connectivity index (χ2n) is 4.99. The number of aromatic nitrogens is 1. The van der Waals surface area contributed by atoms with E-state index in [1.54, 1.807) is 24.5 Å². The predicted molar refractivity (Wildman–Crippen MR) is 90.1 cm³/mol. The van der Waals surface area contributed by atoms with Crippen molar-refractivity contribution in [2.75, 3.05) is 5.32 Å². The summed E-state index contributed by atoms with van der Waals surface area (Å²) in [5.74, 6) is 0.256. The Labute approximate surface area is 134 Å². The van der Waals surface area contributed by atoms with Crippen LogP contribution in [0, 0.1) is 0 Å². The van der Waals surface area contributed by atoms with Gasteiger partial charge in [-0.05, 0) is 41.5 Å². The van der Waals surface area contributed by atoms with Crippen LogP contribution in [0.25, 0.3) is 11.1 Å². The molecule has 0 aliphatic carbocycles. The summed E-state index contributed by atoms with van der Waals surface area (Å²) in [6.07, 6.45) is 3.59. The van der Waals surface area contributed by atoms with Crippen molar-refractivity contribution in [2.24, 2.45) is 0 Å². The zero-order valence-electron chi connectivity index (χ0n) is 11.8. The lowest BCUT2D eigenvalue weighted by molar-refractivity contribution is 0.475. The molecule has 0 spiro atoms. The molecule has 0 radical (unpaired) electrons. The van der Waals surface area contributed by atoms with Gasteiger partial charge in [0.25, 0.3) is 0 Å². The van der Waals surface area contributed by atoms with Crippen molar-refractivity contribution in [3.63, 3.8) is 0 Å². The van der Waals surface area contributed by atoms with Gasteiger partial charge in [0, 0.05) is 29.5 Å². The number of halogens is 1. The summed E-state index contributed by atoms with van der Waals surface area (Å²) in [6, 6.07) is 16.9. The molecular formula is C18H15ClN2O. The van der Waals surface area contributed by atoms with Gasteiger partial charge in [-0.2, -0.15) is 0 Å². The smallest absolute Gasteiger partial charge is 0.115 e. The van der Waals surface area contributed by atoms with Gasteiger partial charge in [0.05, 0.1) is 5.69 Å². The number of phenols is 1. The Kier molecular flexibility index (Phi) is 4.26. The number of pyridine rings is 1. The van der Waals surface area contributed by atoms with Crippen molar-refractivity contribution in [1.82, 2.24) is 4.98 Å². The Morgan fingerprint density at radius 3 is 2.55 bits per heavy atom. The van der Waals surface area contributed by atoms with Gasteiger partial charge < -0.3 is 10.4 Å². The third-order valence-electron chi connectivity index (χ3n) is 3.32. The first-order chi connectivity index (χ1) is 10.7. The quantitative estimate of drug-likeness (QED) is 0.733. The standard InChI is InChI=1S/C18H15ClN2O/c19-16-3-1-2-13(8-16)10-21-17-9-15(11-20-12-17)14-4-6-18(22)7-5-14/h1-9,11-12,21-22H,10H2. The first kappa shape index (κ1) is 14.4. The van der Waals surface area contributed by atoms with Crippen LogP contribution in [0.4, 0.5) is 5.69 Å². The number of hydrogen-bond donors (Lipinski definition) is 2. The zero-order chi connectivity index (χ0) is 15.4. The van der Waals surface area contributed by atoms with Crippen LogP contribution >= 0.6 is 11.6 Å². The highest BCUT2D eigenvalue weighted by Crippen LogP contribution is 2.23. The number of nitrogens with one attached hydrogen (secondary N) is 1. The molecule has 0 atom stereocenters. The Morgan fingerprint density at radius 2 is 1.77 bits per heavy atom. The molecule has 2 N–H and O–H groups in total. The van der Waals surface area contributed by atoms with Gasteiger partial charge in [0.15, 0.2) is 0 Å². The van der Waals surface area contributed by atoms with Gasteiger partial charge in [-0.25, -0.2) is 0 Å². The van der Waals surface area contributed by atoms with E-state index in [1.807, 2.05) is 42.5 Å². The largest absolute Gasteiger partial charge is 0.508 e. The molecule has 2 aromatic carbocycles. The van der Waals surface area contributed by atoms with E-state index in [0.29, 0.717) is 6.54 Å². The van der Waals surface area contributed by atoms with Gasteiger partial charge in [-0.15, -0.1) is 0 Å². The number of benzene rings is 2. The van der Waals surface area contributed by atoms with E-state index in [-0.39, 0.29) is 5.75 Å². The van der Waals surface area contributed by atoms with Crippen molar-refractivity contribution in [1.29, 1.82) is 0 Å². The number of nitrogens with zero attached hydrogens (tertiary/aromatic N) is 1. The fourth-order valence-electron chi connectivity index (χ4n) is 2.20. The molecule has 0 bridgehead atoms. The van der Waals surface area contributed by atoms with Crippen molar-refractivity contribution in [3.05, 3.63) is 77.6 Å². The second-order valence-corrected chi connectivity index (χ2v) is 5.43. The number of rotatable bonds is 4. The third kappa shape index (κ3) is 3.57. The Bertz CT molecular complexity index is 772. The van der Waals surface area contributed by atoms with Gasteiger partial charge in [-0.3, -0.25) is 4.98 Å². The first-order valence-corrected chi connectivity index (χ1v) is 7.31. The molecule has 3 rings (SSSR count). The lowest BCUT2D eigenvalue weighted by Crippen LogP contribution is -1.99. The number of hydrogen-bond acceptors (Lipinski definition) is 3. The summed E-state index contributed by atoms with van der Waals surface area (Å²) >= 11 is 5.98. The summed E-state index contributed by atoms with van der Waals surface area (Å²) in [4.78, 5) is 4.26. The third-order valence-corrected chi connectivity index (χ3v) is 3.56. The maximum atomic E-state index is 9.35. The van der Waals surface area contributed by atoms with Crippen LogP contribution < -0.4 is 5.32 Å². The van der Waals surface area contributed by atoms with Crippen molar-refractivity contribution < 1.29 is 5.11 Å². The van der Waals surface area contributed by atoms with E-state index in [1.165, 1.54) is 0 Å². The molecule has 3 aromatic rings. The molecule has 0 aliphatic heterocycles. The van der Waals surface area contributed by atoms with Gasteiger partial charge in [-0.1, -0.05) is 35.9 Å². The molecule has 110 valence electrons. The van der Waals surface area contributed by atoms with Crippen LogP contribution in [-0.4, -0.2) is 10.1 Å². The molecule has 22 heavy (non-hydrogen) atoms. The van der Waals surface area contributed by atoms with E-state index < -0.39 is 0 Å². The van der Waals surface area contributed by atoms with Gasteiger partial charge >= 0.3 is 0 Å². The van der Waals surface area contributed by atoms with Gasteiger partial charge in [0.2, 0.25) is 0 Å². The number of aromatic hydroxyl groups is 1. The van der Waals surface area contributed by atoms with Crippen LogP contribution in [0.1, 0.15) is 5.56 Å². The van der Waals surface area contributed by atoms with Crippen molar-refractivity contribution in [2.45, 2.75) is 6.54 Å². The highest BCUT2D eigenvalue weighted by atomic mass is 35.5. The van der Waals surface area contributed by atoms with E-state index in [2.05, 4.69) is 10.3 Å². The molecule has 3 nitrogen and oxygen atoms in total. The molecule has 0 saturated heterocycles. The predicted octanol–water partition coefficient (Wildman–Crippen LogP) is 4.72. The summed E-state index contributed by atoms with van der Waals surface area (Å²) in [6.45, 7) is 0.682. The van der Waals surface area contributed by atoms with Gasteiger partial charge in [0.1, 0.15) is 5.75 Å². The molecule has 1 aromatic heterocycles. The Hall–Kier alpha value is -2.52. The summed E-state index contributed by atoms with van der Waals surface area (Å²) in [5.41, 5.74) is 4.06. The summed E-state index contributed by atoms with van der Waals surface area (Å²) < 4.78 is 0. The van der Waals surface area contributed by atoms with Crippen LogP contribution in [0.5, 0.6) is 5.75 Å². The average molecular weight is 311 g/mol. The van der Waals surface area contributed by atoms with E-state index >= 15 is 0 Å². The van der Waals surface area contributed by atoms with Crippen LogP contribution in [0.3, 0.4) is 0 Å². The molecule has 0 amide bonds. The second kappa shape index (κ2) is 6.50. The fraction of sp³-hybridized carbons (Fsp3) is 0.0556. The average Bonchev–Trinajstić information content (AvgIpc) is 2.54. The minimum Gasteiger partial charge on any atom is -0.508 e. The molecule has 0 aliphatic rings. The maximum absolute atomic E-state index is 9.35. The summed E-state index contributed by atoms with van der Waals surface area (Å²) in [5, 5.41) is 13.4. The van der Waals surface area contributed by atoms with E-state index in [9.17, 15) is 5.11 Å². The maximum Gasteiger partial charge on any atom is 0.115 e. The van der Waals surface area contributed by atoms with Crippen molar-refractivity contribution >= 4 is 17.3 Å². The molecule has 0 fully saturated rings. The fourth-order valence-corrected chi connectivity index (χ4v) is 2.41. The normalized spacial score (nSPS) is 10.4. The monoisotopic (exact) mass is 310 g/mol. The van der Waals surface area contributed by atoms with Crippen LogP contribution in [0.2, 0.25) is 5.02 Å². The van der Waals surface area contributed by atoms with Crippen LogP contribution in [-0.2, 0) is 6.54 Å². The minimum atomic E-state index is 0.256. The molecule has 1 heterocycles. The molecule has 0 unspecified atom stereocenters.